The van der Waals surface area contributed by atoms with Crippen LogP contribution in [0, 0.1) is 0 Å². The highest BCUT2D eigenvalue weighted by Crippen LogP contribution is 2.29. The third kappa shape index (κ3) is 5.99. The normalized spacial score (nSPS) is 10.8. The van der Waals surface area contributed by atoms with Crippen molar-refractivity contribution in [1.82, 2.24) is 5.43 Å². The molecular weight excluding hydrogens is 423 g/mol. The number of carbonyl (C=O) groups excluding carboxylic acids is 1. The van der Waals surface area contributed by atoms with Crippen molar-refractivity contribution >= 4 is 35.3 Å². The van der Waals surface area contributed by atoms with Gasteiger partial charge in [-0.2, -0.15) is 5.10 Å². The van der Waals surface area contributed by atoms with E-state index in [1.165, 1.54) is 12.3 Å². The van der Waals surface area contributed by atoms with E-state index in [2.05, 4.69) is 10.5 Å². The minimum Gasteiger partial charge on any atom is -0.490 e. The summed E-state index contributed by atoms with van der Waals surface area (Å²) in [6.07, 6.45) is 1.52. The Bertz CT molecular complexity index is 1040. The van der Waals surface area contributed by atoms with Gasteiger partial charge in [0.15, 0.2) is 11.5 Å². The number of ether oxygens (including phenoxy) is 2. The first kappa shape index (κ1) is 21.7. The van der Waals surface area contributed by atoms with Crippen LogP contribution in [0.5, 0.6) is 11.5 Å². The summed E-state index contributed by atoms with van der Waals surface area (Å²) in [5.74, 6) is 0.806. The second-order valence-electron chi connectivity index (χ2n) is 6.24. The van der Waals surface area contributed by atoms with Gasteiger partial charge in [-0.3, -0.25) is 4.79 Å². The number of halogens is 2. The average Bonchev–Trinajstić information content (AvgIpc) is 2.74. The number of nitrogens with one attached hydrogen (secondary N) is 1. The summed E-state index contributed by atoms with van der Waals surface area (Å²) >= 11 is 11.9. The molecule has 0 aliphatic rings. The maximum atomic E-state index is 12.2. The molecule has 3 rings (SSSR count). The molecule has 0 heterocycles. The van der Waals surface area contributed by atoms with Gasteiger partial charge in [0.1, 0.15) is 6.61 Å². The van der Waals surface area contributed by atoms with E-state index in [1.807, 2.05) is 49.4 Å². The number of carbonyl (C=O) groups is 1. The Balaban J connectivity index is 1.66. The summed E-state index contributed by atoms with van der Waals surface area (Å²) < 4.78 is 11.6. The van der Waals surface area contributed by atoms with Gasteiger partial charge in [-0.1, -0.05) is 53.5 Å². The second-order valence-corrected chi connectivity index (χ2v) is 7.08. The molecule has 0 aliphatic heterocycles. The molecule has 0 spiro atoms. The molecule has 154 valence electrons. The Hall–Kier alpha value is -3.02. The Morgan fingerprint density at radius 1 is 1.00 bits per heavy atom. The fourth-order valence-electron chi connectivity index (χ4n) is 2.63. The van der Waals surface area contributed by atoms with Crippen molar-refractivity contribution in [1.29, 1.82) is 0 Å². The molecule has 0 radical (unpaired) electrons. The molecule has 3 aromatic rings. The molecule has 0 aliphatic carbocycles. The highest BCUT2D eigenvalue weighted by Gasteiger charge is 2.10. The van der Waals surface area contributed by atoms with Crippen molar-refractivity contribution < 1.29 is 14.3 Å². The highest BCUT2D eigenvalue weighted by molar-refractivity contribution is 6.36. The lowest BCUT2D eigenvalue weighted by Crippen LogP contribution is -2.18. The Morgan fingerprint density at radius 3 is 2.53 bits per heavy atom. The van der Waals surface area contributed by atoms with Crippen LogP contribution in [0.25, 0.3) is 0 Å². The van der Waals surface area contributed by atoms with E-state index < -0.39 is 5.91 Å². The van der Waals surface area contributed by atoms with Crippen LogP contribution in [0.1, 0.15) is 28.4 Å². The molecule has 5 nitrogen and oxygen atoms in total. The summed E-state index contributed by atoms with van der Waals surface area (Å²) in [5, 5.41) is 4.71. The van der Waals surface area contributed by atoms with E-state index in [9.17, 15) is 4.79 Å². The number of amides is 1. The van der Waals surface area contributed by atoms with Crippen LogP contribution in [-0.4, -0.2) is 18.7 Å². The predicted molar refractivity (Wildman–Crippen MR) is 120 cm³/mol. The highest BCUT2D eigenvalue weighted by atomic mass is 35.5. The summed E-state index contributed by atoms with van der Waals surface area (Å²) in [6, 6.07) is 20.0. The Labute approximate surface area is 185 Å². The van der Waals surface area contributed by atoms with Crippen LogP contribution in [-0.2, 0) is 6.61 Å². The fraction of sp³-hybridized carbons (Fsp3) is 0.130. The lowest BCUT2D eigenvalue weighted by atomic mass is 10.2. The Morgan fingerprint density at radius 2 is 1.80 bits per heavy atom. The first-order valence-electron chi connectivity index (χ1n) is 9.29. The van der Waals surface area contributed by atoms with E-state index in [4.69, 9.17) is 32.7 Å². The van der Waals surface area contributed by atoms with Gasteiger partial charge in [-0.15, -0.1) is 0 Å². The number of benzene rings is 3. The van der Waals surface area contributed by atoms with Crippen LogP contribution in [0.4, 0.5) is 0 Å². The van der Waals surface area contributed by atoms with Gasteiger partial charge in [-0.05, 0) is 54.4 Å². The summed E-state index contributed by atoms with van der Waals surface area (Å²) in [5.41, 5.74) is 4.55. The zero-order valence-electron chi connectivity index (χ0n) is 16.3. The van der Waals surface area contributed by atoms with E-state index in [1.54, 1.807) is 18.2 Å². The molecule has 0 fully saturated rings. The third-order valence-corrected chi connectivity index (χ3v) is 4.61. The molecule has 7 heteroatoms. The first-order valence-corrected chi connectivity index (χ1v) is 10.0. The molecule has 1 N–H and O–H groups in total. The molecule has 30 heavy (non-hydrogen) atoms. The number of nitrogens with zero attached hydrogens (tertiary/aromatic N) is 1. The lowest BCUT2D eigenvalue weighted by molar-refractivity contribution is 0.0955. The van der Waals surface area contributed by atoms with Crippen molar-refractivity contribution in [2.75, 3.05) is 6.61 Å². The number of rotatable bonds is 8. The van der Waals surface area contributed by atoms with Crippen LogP contribution in [0.2, 0.25) is 10.0 Å². The van der Waals surface area contributed by atoms with Crippen molar-refractivity contribution in [3.05, 3.63) is 93.5 Å². The standard InChI is InChI=1S/C23H20Cl2N2O3/c1-2-29-22-12-17(8-11-21(22)30-15-16-6-4-3-5-7-16)14-26-27-23(28)19-10-9-18(24)13-20(19)25/h3-14H,2,15H2,1H3,(H,27,28). The van der Waals surface area contributed by atoms with Gasteiger partial charge >= 0.3 is 0 Å². The summed E-state index contributed by atoms with van der Waals surface area (Å²) in [6.45, 7) is 2.83. The largest absolute Gasteiger partial charge is 0.490 e. The van der Waals surface area contributed by atoms with Crippen LogP contribution in [0.3, 0.4) is 0 Å². The van der Waals surface area contributed by atoms with Crippen LogP contribution >= 0.6 is 23.2 Å². The fourth-order valence-corrected chi connectivity index (χ4v) is 3.12. The van der Waals surface area contributed by atoms with Gasteiger partial charge in [0, 0.05) is 5.02 Å². The number of hydrogen-bond donors (Lipinski definition) is 1. The molecule has 1 amide bonds. The van der Waals surface area contributed by atoms with Crippen molar-refractivity contribution in [3.63, 3.8) is 0 Å². The molecule has 0 saturated heterocycles. The third-order valence-electron chi connectivity index (χ3n) is 4.06. The smallest absolute Gasteiger partial charge is 0.272 e. The monoisotopic (exact) mass is 442 g/mol. The molecule has 0 atom stereocenters. The van der Waals surface area contributed by atoms with Gasteiger partial charge < -0.3 is 9.47 Å². The van der Waals surface area contributed by atoms with Crippen molar-refractivity contribution in [3.8, 4) is 11.5 Å². The van der Waals surface area contributed by atoms with E-state index in [-0.39, 0.29) is 10.6 Å². The van der Waals surface area contributed by atoms with Gasteiger partial charge in [0.25, 0.3) is 5.91 Å². The van der Waals surface area contributed by atoms with Gasteiger partial charge in [0.05, 0.1) is 23.4 Å². The molecule has 0 unspecified atom stereocenters. The van der Waals surface area contributed by atoms with Crippen LogP contribution in [0.15, 0.2) is 71.8 Å². The molecular formula is C23H20Cl2N2O3. The average molecular weight is 443 g/mol. The Kier molecular flexibility index (Phi) is 7.71. The van der Waals surface area contributed by atoms with E-state index >= 15 is 0 Å². The van der Waals surface area contributed by atoms with Gasteiger partial charge in [-0.25, -0.2) is 5.43 Å². The van der Waals surface area contributed by atoms with Gasteiger partial charge in [0.2, 0.25) is 0 Å². The van der Waals surface area contributed by atoms with Crippen molar-refractivity contribution in [2.45, 2.75) is 13.5 Å². The zero-order valence-corrected chi connectivity index (χ0v) is 17.8. The minimum absolute atomic E-state index is 0.258. The van der Waals surface area contributed by atoms with Crippen LogP contribution < -0.4 is 14.9 Å². The minimum atomic E-state index is -0.430. The first-order chi connectivity index (χ1) is 14.6. The summed E-state index contributed by atoms with van der Waals surface area (Å²) in [4.78, 5) is 12.2. The molecule has 0 bridgehead atoms. The lowest BCUT2D eigenvalue weighted by Gasteiger charge is -2.12. The molecule has 0 aromatic heterocycles. The number of hydrogen-bond acceptors (Lipinski definition) is 4. The van der Waals surface area contributed by atoms with E-state index in [0.717, 1.165) is 11.1 Å². The maximum absolute atomic E-state index is 12.2. The number of hydrazone groups is 1. The van der Waals surface area contributed by atoms with Crippen molar-refractivity contribution in [2.24, 2.45) is 5.10 Å². The zero-order chi connectivity index (χ0) is 21.3. The topological polar surface area (TPSA) is 59.9 Å². The summed E-state index contributed by atoms with van der Waals surface area (Å²) in [7, 11) is 0. The predicted octanol–water partition coefficient (Wildman–Crippen LogP) is 5.74. The quantitative estimate of drug-likeness (QED) is 0.357. The SMILES string of the molecule is CCOc1cc(C=NNC(=O)c2ccc(Cl)cc2Cl)ccc1OCc1ccccc1. The molecule has 3 aromatic carbocycles. The molecule has 0 saturated carbocycles. The van der Waals surface area contributed by atoms with E-state index in [0.29, 0.717) is 29.7 Å². The second kappa shape index (κ2) is 10.7. The maximum Gasteiger partial charge on any atom is 0.272 e.